The van der Waals surface area contributed by atoms with Crippen molar-refractivity contribution in [1.82, 2.24) is 9.97 Å². The summed E-state index contributed by atoms with van der Waals surface area (Å²) in [6, 6.07) is 0. The number of aromatic nitrogens is 2. The molecule has 4 heteroatoms. The molecule has 0 saturated carbocycles. The Morgan fingerprint density at radius 2 is 2.23 bits per heavy atom. The van der Waals surface area contributed by atoms with Crippen LogP contribution in [0.5, 0.6) is 0 Å². The maximum Gasteiger partial charge on any atom is 0.115 e. The molecule has 1 aliphatic heterocycles. The highest BCUT2D eigenvalue weighted by molar-refractivity contribution is 5.21. The van der Waals surface area contributed by atoms with Crippen LogP contribution in [0.25, 0.3) is 0 Å². The van der Waals surface area contributed by atoms with E-state index in [4.69, 9.17) is 10.5 Å². The summed E-state index contributed by atoms with van der Waals surface area (Å²) in [7, 11) is 0. The fourth-order valence-electron chi connectivity index (χ4n) is 1.69. The number of rotatable bonds is 2. The fraction of sp³-hybridized carbons (Fsp3) is 0.556. The third-order valence-electron chi connectivity index (χ3n) is 2.67. The van der Waals surface area contributed by atoms with Crippen LogP contribution in [0.2, 0.25) is 0 Å². The van der Waals surface area contributed by atoms with Gasteiger partial charge in [-0.15, -0.1) is 0 Å². The van der Waals surface area contributed by atoms with Gasteiger partial charge in [-0.05, 0) is 12.0 Å². The monoisotopic (exact) mass is 179 g/mol. The molecule has 2 heterocycles. The minimum atomic E-state index is -0.0404. The molecule has 0 bridgehead atoms. The van der Waals surface area contributed by atoms with Crippen molar-refractivity contribution >= 4 is 0 Å². The van der Waals surface area contributed by atoms with Gasteiger partial charge in [0.2, 0.25) is 0 Å². The van der Waals surface area contributed by atoms with Gasteiger partial charge in [0.05, 0.1) is 6.61 Å². The van der Waals surface area contributed by atoms with Crippen molar-refractivity contribution in [3.63, 3.8) is 0 Å². The molecule has 0 spiro atoms. The molecule has 1 unspecified atom stereocenters. The van der Waals surface area contributed by atoms with Gasteiger partial charge in [0.25, 0.3) is 0 Å². The standard InChI is InChI=1S/C9H13N3O/c10-5-9(1-2-13-6-9)8-3-11-7-12-4-8/h3-4,7H,1-2,5-6,10H2. The Hall–Kier alpha value is -1.00. The molecule has 1 saturated heterocycles. The Balaban J connectivity index is 2.31. The maximum absolute atomic E-state index is 5.77. The first kappa shape index (κ1) is 8.59. The molecule has 0 radical (unpaired) electrons. The summed E-state index contributed by atoms with van der Waals surface area (Å²) < 4.78 is 5.37. The topological polar surface area (TPSA) is 61.0 Å². The van der Waals surface area contributed by atoms with Gasteiger partial charge in [-0.2, -0.15) is 0 Å². The molecule has 70 valence electrons. The van der Waals surface area contributed by atoms with E-state index in [-0.39, 0.29) is 5.41 Å². The van der Waals surface area contributed by atoms with Gasteiger partial charge in [-0.25, -0.2) is 9.97 Å². The van der Waals surface area contributed by atoms with Crippen LogP contribution in [0, 0.1) is 0 Å². The zero-order valence-corrected chi connectivity index (χ0v) is 7.44. The van der Waals surface area contributed by atoms with E-state index in [9.17, 15) is 0 Å². The molecular weight excluding hydrogens is 166 g/mol. The first-order chi connectivity index (χ1) is 6.37. The number of hydrogen-bond donors (Lipinski definition) is 1. The highest BCUT2D eigenvalue weighted by Crippen LogP contribution is 2.30. The average molecular weight is 179 g/mol. The molecular formula is C9H13N3O. The molecule has 0 amide bonds. The van der Waals surface area contributed by atoms with Crippen molar-refractivity contribution < 1.29 is 4.74 Å². The van der Waals surface area contributed by atoms with Gasteiger partial charge in [-0.3, -0.25) is 0 Å². The highest BCUT2D eigenvalue weighted by atomic mass is 16.5. The second-order valence-electron chi connectivity index (χ2n) is 3.41. The van der Waals surface area contributed by atoms with Crippen molar-refractivity contribution in [2.24, 2.45) is 5.73 Å². The first-order valence-corrected chi connectivity index (χ1v) is 4.41. The zero-order valence-electron chi connectivity index (χ0n) is 7.44. The smallest absolute Gasteiger partial charge is 0.115 e. The summed E-state index contributed by atoms with van der Waals surface area (Å²) in [5.41, 5.74) is 6.82. The van der Waals surface area contributed by atoms with Crippen molar-refractivity contribution in [2.45, 2.75) is 11.8 Å². The normalized spacial score (nSPS) is 27.8. The minimum Gasteiger partial charge on any atom is -0.380 e. The van der Waals surface area contributed by atoms with E-state index in [0.29, 0.717) is 13.2 Å². The summed E-state index contributed by atoms with van der Waals surface area (Å²) in [5.74, 6) is 0. The lowest BCUT2D eigenvalue weighted by atomic mass is 9.81. The Bertz CT molecular complexity index is 269. The van der Waals surface area contributed by atoms with Gasteiger partial charge in [0.15, 0.2) is 0 Å². The largest absolute Gasteiger partial charge is 0.380 e. The van der Waals surface area contributed by atoms with Gasteiger partial charge in [0.1, 0.15) is 6.33 Å². The maximum atomic E-state index is 5.77. The van der Waals surface area contributed by atoms with Gasteiger partial charge in [0, 0.05) is 31.0 Å². The summed E-state index contributed by atoms with van der Waals surface area (Å²) in [4.78, 5) is 8.00. The molecule has 1 aliphatic rings. The van der Waals surface area contributed by atoms with E-state index in [2.05, 4.69) is 9.97 Å². The summed E-state index contributed by atoms with van der Waals surface area (Å²) in [5, 5.41) is 0. The van der Waals surface area contributed by atoms with Crippen molar-refractivity contribution in [2.75, 3.05) is 19.8 Å². The van der Waals surface area contributed by atoms with Crippen molar-refractivity contribution in [3.8, 4) is 0 Å². The van der Waals surface area contributed by atoms with Gasteiger partial charge < -0.3 is 10.5 Å². The molecule has 13 heavy (non-hydrogen) atoms. The van der Waals surface area contributed by atoms with Crippen LogP contribution in [0.4, 0.5) is 0 Å². The fourth-order valence-corrected chi connectivity index (χ4v) is 1.69. The molecule has 0 aromatic carbocycles. The van der Waals surface area contributed by atoms with Crippen LogP contribution >= 0.6 is 0 Å². The molecule has 2 N–H and O–H groups in total. The van der Waals surface area contributed by atoms with E-state index in [0.717, 1.165) is 18.6 Å². The Morgan fingerprint density at radius 3 is 2.77 bits per heavy atom. The predicted octanol–water partition coefficient (Wildman–Crippen LogP) is 0.0934. The quantitative estimate of drug-likeness (QED) is 0.699. The van der Waals surface area contributed by atoms with Crippen molar-refractivity contribution in [1.29, 1.82) is 0 Å². The summed E-state index contributed by atoms with van der Waals surface area (Å²) in [6.07, 6.45) is 6.16. The molecule has 1 aromatic heterocycles. The molecule has 1 aromatic rings. The zero-order chi connectivity index (χ0) is 9.15. The number of ether oxygens (including phenoxy) is 1. The lowest BCUT2D eigenvalue weighted by molar-refractivity contribution is 0.178. The third-order valence-corrected chi connectivity index (χ3v) is 2.67. The summed E-state index contributed by atoms with van der Waals surface area (Å²) >= 11 is 0. The average Bonchev–Trinajstić information content (AvgIpc) is 2.69. The number of nitrogens with two attached hydrogens (primary N) is 1. The van der Waals surface area contributed by atoms with E-state index in [1.165, 1.54) is 6.33 Å². The number of hydrogen-bond acceptors (Lipinski definition) is 4. The van der Waals surface area contributed by atoms with E-state index in [1.807, 2.05) is 12.4 Å². The number of nitrogens with zero attached hydrogens (tertiary/aromatic N) is 2. The second kappa shape index (κ2) is 3.40. The first-order valence-electron chi connectivity index (χ1n) is 4.41. The van der Waals surface area contributed by atoms with Crippen LogP contribution in [0.3, 0.4) is 0 Å². The molecule has 2 rings (SSSR count). The molecule has 0 aliphatic carbocycles. The van der Waals surface area contributed by atoms with Crippen LogP contribution in [-0.2, 0) is 10.2 Å². The third kappa shape index (κ3) is 1.43. The molecule has 4 nitrogen and oxygen atoms in total. The van der Waals surface area contributed by atoms with Crippen LogP contribution < -0.4 is 5.73 Å². The van der Waals surface area contributed by atoms with Gasteiger partial charge >= 0.3 is 0 Å². The molecule has 1 fully saturated rings. The van der Waals surface area contributed by atoms with Crippen molar-refractivity contribution in [3.05, 3.63) is 24.3 Å². The lowest BCUT2D eigenvalue weighted by Crippen LogP contribution is -2.35. The second-order valence-corrected chi connectivity index (χ2v) is 3.41. The minimum absolute atomic E-state index is 0.0404. The van der Waals surface area contributed by atoms with Crippen LogP contribution in [-0.4, -0.2) is 29.7 Å². The van der Waals surface area contributed by atoms with Gasteiger partial charge in [-0.1, -0.05) is 0 Å². The highest BCUT2D eigenvalue weighted by Gasteiger charge is 2.35. The van der Waals surface area contributed by atoms with Crippen LogP contribution in [0.1, 0.15) is 12.0 Å². The predicted molar refractivity (Wildman–Crippen MR) is 48.2 cm³/mol. The van der Waals surface area contributed by atoms with E-state index >= 15 is 0 Å². The Morgan fingerprint density at radius 1 is 1.46 bits per heavy atom. The Kier molecular flexibility index (Phi) is 2.24. The lowest BCUT2D eigenvalue weighted by Gasteiger charge is -2.24. The SMILES string of the molecule is NCC1(c2cncnc2)CCOC1. The Labute approximate surface area is 77.1 Å². The molecule has 1 atom stereocenters. The van der Waals surface area contributed by atoms with E-state index < -0.39 is 0 Å². The van der Waals surface area contributed by atoms with Crippen LogP contribution in [0.15, 0.2) is 18.7 Å². The van der Waals surface area contributed by atoms with E-state index in [1.54, 1.807) is 0 Å². The summed E-state index contributed by atoms with van der Waals surface area (Å²) in [6.45, 7) is 2.07.